The van der Waals surface area contributed by atoms with Gasteiger partial charge in [-0.2, -0.15) is 0 Å². The molecule has 0 saturated carbocycles. The minimum Gasteiger partial charge on any atom is -0.504 e. The van der Waals surface area contributed by atoms with Crippen LogP contribution in [0.15, 0.2) is 24.5 Å². The maximum absolute atomic E-state index is 12.0. The second kappa shape index (κ2) is 3.77. The summed E-state index contributed by atoms with van der Waals surface area (Å²) in [5.74, 6) is -4.72. The predicted octanol–water partition coefficient (Wildman–Crippen LogP) is 1.02. The van der Waals surface area contributed by atoms with E-state index < -0.39 is 56.4 Å². The van der Waals surface area contributed by atoms with Crippen LogP contribution in [0.4, 0.5) is 0 Å². The number of phenols is 3. The normalized spacial score (nSPS) is 11.8. The molecule has 4 rings (SSSR count). The van der Waals surface area contributed by atoms with Gasteiger partial charge in [-0.25, -0.2) is 0 Å². The van der Waals surface area contributed by atoms with Crippen LogP contribution in [-0.4, -0.2) is 25.5 Å². The fourth-order valence-electron chi connectivity index (χ4n) is 2.69. The highest BCUT2D eigenvalue weighted by molar-refractivity contribution is 6.23. The summed E-state index contributed by atoms with van der Waals surface area (Å²) in [6.07, 6.45) is 0. The van der Waals surface area contributed by atoms with E-state index in [0.717, 1.165) is 6.07 Å². The van der Waals surface area contributed by atoms with Crippen LogP contribution in [0, 0.1) is 0 Å². The first kappa shape index (κ1) is 13.1. The number of hydrogen-bond acceptors (Lipinski definition) is 9. The van der Waals surface area contributed by atoms with Crippen LogP contribution in [0.1, 0.15) is 0 Å². The molecule has 5 N–H and O–H groups in total. The molecule has 9 heteroatoms. The molecule has 0 unspecified atom stereocenters. The first-order chi connectivity index (χ1) is 10.8. The van der Waals surface area contributed by atoms with Crippen molar-refractivity contribution in [2.75, 3.05) is 0 Å². The first-order valence-electron chi connectivity index (χ1n) is 6.17. The van der Waals surface area contributed by atoms with Crippen molar-refractivity contribution in [3.63, 3.8) is 0 Å². The van der Waals surface area contributed by atoms with E-state index in [0.29, 0.717) is 0 Å². The van der Waals surface area contributed by atoms with Crippen LogP contribution in [0.5, 0.6) is 29.1 Å². The Balaban J connectivity index is 2.58. The zero-order valence-corrected chi connectivity index (χ0v) is 10.9. The van der Waals surface area contributed by atoms with Gasteiger partial charge in [0.2, 0.25) is 11.2 Å². The summed E-state index contributed by atoms with van der Waals surface area (Å²) in [5.41, 5.74) is -2.98. The molecule has 116 valence electrons. The standard InChI is InChI=1S/C14H6O9/c15-2-1-3-4-5-7(13(20)22-3)9(17)10(18)11(19)12(5)23-14(21)6(4)8(2)16/h1,15,17-18,20-21H. The molecular formula is C14H6O9. The summed E-state index contributed by atoms with van der Waals surface area (Å²) in [5, 5.41) is 47.6. The second-order valence-corrected chi connectivity index (χ2v) is 4.89. The average molecular weight is 318 g/mol. The molecule has 2 heterocycles. The molecule has 0 aliphatic carbocycles. The largest absolute Gasteiger partial charge is 0.504 e. The molecule has 0 aliphatic rings. The Hall–Kier alpha value is -3.62. The van der Waals surface area contributed by atoms with Gasteiger partial charge < -0.3 is 34.4 Å². The number of benzene rings is 2. The van der Waals surface area contributed by atoms with E-state index in [9.17, 15) is 35.1 Å². The molecule has 2 aromatic carbocycles. The lowest BCUT2D eigenvalue weighted by atomic mass is 10.0. The van der Waals surface area contributed by atoms with E-state index in [2.05, 4.69) is 0 Å². The van der Waals surface area contributed by atoms with Crippen molar-refractivity contribution < 1.29 is 34.4 Å². The van der Waals surface area contributed by atoms with Crippen LogP contribution in [0.25, 0.3) is 32.7 Å². The molecule has 0 saturated heterocycles. The molecule has 0 bridgehead atoms. The molecular weight excluding hydrogens is 312 g/mol. The van der Waals surface area contributed by atoms with Gasteiger partial charge >= 0.3 is 0 Å². The smallest absolute Gasteiger partial charge is 0.294 e. The predicted molar refractivity (Wildman–Crippen MR) is 75.5 cm³/mol. The third kappa shape index (κ3) is 1.35. The van der Waals surface area contributed by atoms with Gasteiger partial charge in [-0.3, -0.25) is 9.59 Å². The van der Waals surface area contributed by atoms with Gasteiger partial charge in [-0.15, -0.1) is 0 Å². The van der Waals surface area contributed by atoms with Crippen molar-refractivity contribution in [3.05, 3.63) is 26.5 Å². The van der Waals surface area contributed by atoms with Crippen molar-refractivity contribution in [1.82, 2.24) is 0 Å². The third-order valence-electron chi connectivity index (χ3n) is 3.67. The Morgan fingerprint density at radius 2 is 1.35 bits per heavy atom. The third-order valence-corrected chi connectivity index (χ3v) is 3.67. The van der Waals surface area contributed by atoms with Gasteiger partial charge in [0, 0.05) is 11.5 Å². The van der Waals surface area contributed by atoms with Crippen molar-refractivity contribution in [2.45, 2.75) is 0 Å². The number of phenolic OH excluding ortho intramolecular Hbond substituents is 3. The first-order valence-corrected chi connectivity index (χ1v) is 6.17. The van der Waals surface area contributed by atoms with E-state index in [-0.39, 0.29) is 16.4 Å². The molecule has 0 radical (unpaired) electrons. The molecule has 4 aromatic rings. The Morgan fingerprint density at radius 1 is 0.696 bits per heavy atom. The highest BCUT2D eigenvalue weighted by Gasteiger charge is 2.28. The fourth-order valence-corrected chi connectivity index (χ4v) is 2.69. The van der Waals surface area contributed by atoms with Gasteiger partial charge in [-0.1, -0.05) is 0 Å². The molecule has 0 amide bonds. The van der Waals surface area contributed by atoms with E-state index in [1.807, 2.05) is 0 Å². The minimum absolute atomic E-state index is 0.147. The molecule has 9 nitrogen and oxygen atoms in total. The fraction of sp³-hybridized carbons (Fsp3) is 0. The lowest BCUT2D eigenvalue weighted by Gasteiger charge is -2.12. The van der Waals surface area contributed by atoms with Crippen LogP contribution in [-0.2, 0) is 0 Å². The van der Waals surface area contributed by atoms with Crippen molar-refractivity contribution in [3.8, 4) is 29.1 Å². The van der Waals surface area contributed by atoms with Gasteiger partial charge in [0.05, 0.1) is 5.39 Å². The molecule has 23 heavy (non-hydrogen) atoms. The number of rotatable bonds is 0. The maximum Gasteiger partial charge on any atom is 0.294 e. The van der Waals surface area contributed by atoms with Crippen LogP contribution >= 0.6 is 0 Å². The summed E-state index contributed by atoms with van der Waals surface area (Å²) in [6.45, 7) is 0. The molecule has 0 fully saturated rings. The summed E-state index contributed by atoms with van der Waals surface area (Å²) >= 11 is 0. The Kier molecular flexibility index (Phi) is 2.14. The molecule has 0 aliphatic heterocycles. The summed E-state index contributed by atoms with van der Waals surface area (Å²) in [7, 11) is 0. The number of hydrogen-bond donors (Lipinski definition) is 5. The maximum atomic E-state index is 12.0. The van der Waals surface area contributed by atoms with E-state index in [4.69, 9.17) is 8.83 Å². The quantitative estimate of drug-likeness (QED) is 0.235. The summed E-state index contributed by atoms with van der Waals surface area (Å²) in [6, 6.07) is 0.886. The minimum atomic E-state index is -1.15. The van der Waals surface area contributed by atoms with Crippen molar-refractivity contribution in [1.29, 1.82) is 0 Å². The molecule has 0 atom stereocenters. The van der Waals surface area contributed by atoms with Crippen molar-refractivity contribution in [2.24, 2.45) is 0 Å². The number of aromatic hydroxyl groups is 5. The monoisotopic (exact) mass is 318 g/mol. The van der Waals surface area contributed by atoms with Gasteiger partial charge in [-0.05, 0) is 0 Å². The Labute approximate surface area is 123 Å². The zero-order valence-electron chi connectivity index (χ0n) is 10.9. The lowest BCUT2D eigenvalue weighted by molar-refractivity contribution is 0.336. The zero-order chi connectivity index (χ0) is 16.6. The summed E-state index contributed by atoms with van der Waals surface area (Å²) in [4.78, 5) is 24.0. The van der Waals surface area contributed by atoms with E-state index in [1.165, 1.54) is 0 Å². The highest BCUT2D eigenvalue weighted by Crippen LogP contribution is 2.46. The lowest BCUT2D eigenvalue weighted by Crippen LogP contribution is -2.06. The van der Waals surface area contributed by atoms with Crippen LogP contribution in [0.3, 0.4) is 0 Å². The van der Waals surface area contributed by atoms with Crippen molar-refractivity contribution >= 4 is 32.7 Å². The Bertz CT molecular complexity index is 1250. The van der Waals surface area contributed by atoms with Gasteiger partial charge in [0.15, 0.2) is 17.1 Å². The topological polar surface area (TPSA) is 162 Å². The Morgan fingerprint density at radius 3 is 2.04 bits per heavy atom. The van der Waals surface area contributed by atoms with E-state index >= 15 is 0 Å². The molecule has 0 spiro atoms. The highest BCUT2D eigenvalue weighted by atomic mass is 16.5. The van der Waals surface area contributed by atoms with E-state index in [1.54, 1.807) is 0 Å². The van der Waals surface area contributed by atoms with Gasteiger partial charge in [0.1, 0.15) is 16.4 Å². The summed E-state index contributed by atoms with van der Waals surface area (Å²) < 4.78 is 9.88. The second-order valence-electron chi connectivity index (χ2n) is 4.89. The van der Waals surface area contributed by atoms with Crippen LogP contribution in [0.2, 0.25) is 0 Å². The molecule has 2 aromatic heterocycles. The van der Waals surface area contributed by atoms with Gasteiger partial charge in [0.25, 0.3) is 17.3 Å². The van der Waals surface area contributed by atoms with Crippen LogP contribution < -0.4 is 10.9 Å². The average Bonchev–Trinajstić information content (AvgIpc) is 2.50. The SMILES string of the molecule is O=c1c(O)c(O)c2c(O)oc3cc(O)c(=O)c4c(O)oc1c2c34.